The molecule has 0 radical (unpaired) electrons. The van der Waals surface area contributed by atoms with Gasteiger partial charge in [-0.1, -0.05) is 60.2 Å². The number of hydrogen-bond acceptors (Lipinski definition) is 1. The van der Waals surface area contributed by atoms with Gasteiger partial charge in [-0.25, -0.2) is 4.79 Å². The molecule has 1 aliphatic heterocycles. The van der Waals surface area contributed by atoms with E-state index >= 15 is 0 Å². The molecule has 3 heteroatoms. The van der Waals surface area contributed by atoms with Crippen molar-refractivity contribution in [2.24, 2.45) is 0 Å². The highest BCUT2D eigenvalue weighted by Gasteiger charge is 2.29. The number of amides is 2. The zero-order chi connectivity index (χ0) is 16.1. The van der Waals surface area contributed by atoms with Crippen molar-refractivity contribution in [3.8, 4) is 0 Å². The highest BCUT2D eigenvalue weighted by Crippen LogP contribution is 2.31. The maximum absolute atomic E-state index is 12.5. The van der Waals surface area contributed by atoms with Crippen LogP contribution in [0.25, 0.3) is 0 Å². The van der Waals surface area contributed by atoms with Crippen LogP contribution in [-0.2, 0) is 6.42 Å². The number of nitrogens with zero attached hydrogens (tertiary/aromatic N) is 1. The number of benzene rings is 2. The molecule has 3 rings (SSSR count). The number of nitrogens with one attached hydrogen (secondary N) is 1. The van der Waals surface area contributed by atoms with Crippen molar-refractivity contribution in [2.45, 2.75) is 32.2 Å². The van der Waals surface area contributed by atoms with Crippen molar-refractivity contribution in [3.63, 3.8) is 0 Å². The minimum Gasteiger partial charge on any atom is -0.338 e. The summed E-state index contributed by atoms with van der Waals surface area (Å²) in [4.78, 5) is 14.5. The van der Waals surface area contributed by atoms with E-state index in [0.29, 0.717) is 6.54 Å². The second-order valence-electron chi connectivity index (χ2n) is 6.23. The standard InChI is InChI=1S/C20H24N2O/c1-16-7-5-8-17(15-16)12-13-21-20(23)22-14-6-11-19(22)18-9-3-2-4-10-18/h2-5,7-10,15,19H,6,11-14H2,1H3,(H,21,23). The van der Waals surface area contributed by atoms with Crippen LogP contribution in [0.1, 0.15) is 35.6 Å². The normalized spacial score (nSPS) is 17.3. The van der Waals surface area contributed by atoms with Gasteiger partial charge in [0.05, 0.1) is 6.04 Å². The molecular weight excluding hydrogens is 284 g/mol. The molecule has 1 aliphatic rings. The molecule has 23 heavy (non-hydrogen) atoms. The van der Waals surface area contributed by atoms with Gasteiger partial charge in [-0.05, 0) is 37.3 Å². The summed E-state index contributed by atoms with van der Waals surface area (Å²) in [5, 5.41) is 3.08. The molecule has 1 heterocycles. The minimum absolute atomic E-state index is 0.0593. The summed E-state index contributed by atoms with van der Waals surface area (Å²) < 4.78 is 0. The van der Waals surface area contributed by atoms with E-state index in [9.17, 15) is 4.79 Å². The van der Waals surface area contributed by atoms with Crippen molar-refractivity contribution in [1.82, 2.24) is 10.2 Å². The quantitative estimate of drug-likeness (QED) is 0.906. The first-order chi connectivity index (χ1) is 11.2. The predicted molar refractivity (Wildman–Crippen MR) is 93.4 cm³/mol. The van der Waals surface area contributed by atoms with Crippen LogP contribution in [-0.4, -0.2) is 24.0 Å². The Labute approximate surface area is 138 Å². The Kier molecular flexibility index (Phi) is 4.96. The molecule has 0 spiro atoms. The van der Waals surface area contributed by atoms with Gasteiger partial charge >= 0.3 is 6.03 Å². The lowest BCUT2D eigenvalue weighted by molar-refractivity contribution is 0.193. The molecule has 0 aromatic heterocycles. The second kappa shape index (κ2) is 7.32. The van der Waals surface area contributed by atoms with Gasteiger partial charge < -0.3 is 10.2 Å². The molecule has 0 bridgehead atoms. The topological polar surface area (TPSA) is 32.3 Å². The van der Waals surface area contributed by atoms with Gasteiger partial charge in [0.1, 0.15) is 0 Å². The Morgan fingerprint density at radius 3 is 2.78 bits per heavy atom. The summed E-state index contributed by atoms with van der Waals surface area (Å²) in [5.74, 6) is 0. The summed E-state index contributed by atoms with van der Waals surface area (Å²) in [5.41, 5.74) is 3.77. The third-order valence-corrected chi connectivity index (χ3v) is 4.47. The van der Waals surface area contributed by atoms with Gasteiger partial charge in [0, 0.05) is 13.1 Å². The molecule has 1 fully saturated rings. The lowest BCUT2D eigenvalue weighted by Crippen LogP contribution is -2.40. The molecule has 0 saturated carbocycles. The van der Waals surface area contributed by atoms with Crippen LogP contribution < -0.4 is 5.32 Å². The van der Waals surface area contributed by atoms with E-state index in [4.69, 9.17) is 0 Å². The summed E-state index contributed by atoms with van der Waals surface area (Å²) in [6, 6.07) is 19.1. The molecule has 2 aromatic rings. The van der Waals surface area contributed by atoms with Gasteiger partial charge in [-0.2, -0.15) is 0 Å². The molecule has 0 aliphatic carbocycles. The highest BCUT2D eigenvalue weighted by atomic mass is 16.2. The van der Waals surface area contributed by atoms with Gasteiger partial charge in [0.2, 0.25) is 0 Å². The van der Waals surface area contributed by atoms with E-state index in [2.05, 4.69) is 48.6 Å². The number of aryl methyl sites for hydroxylation is 1. The Morgan fingerprint density at radius 1 is 1.17 bits per heavy atom. The van der Waals surface area contributed by atoms with Crippen LogP contribution in [0.2, 0.25) is 0 Å². The lowest BCUT2D eigenvalue weighted by atomic mass is 10.1. The van der Waals surface area contributed by atoms with Crippen LogP contribution in [0.3, 0.4) is 0 Å². The molecule has 2 amide bonds. The Balaban J connectivity index is 1.55. The van der Waals surface area contributed by atoms with E-state index in [1.807, 2.05) is 23.1 Å². The third kappa shape index (κ3) is 3.92. The number of likely N-dealkylation sites (tertiary alicyclic amines) is 1. The van der Waals surface area contributed by atoms with Crippen molar-refractivity contribution >= 4 is 6.03 Å². The SMILES string of the molecule is Cc1cccc(CCNC(=O)N2CCCC2c2ccccc2)c1. The van der Waals surface area contributed by atoms with Crippen molar-refractivity contribution < 1.29 is 4.79 Å². The smallest absolute Gasteiger partial charge is 0.317 e. The molecule has 1 saturated heterocycles. The molecule has 3 nitrogen and oxygen atoms in total. The zero-order valence-corrected chi connectivity index (χ0v) is 13.7. The van der Waals surface area contributed by atoms with Crippen LogP contribution in [0.4, 0.5) is 4.79 Å². The first-order valence-corrected chi connectivity index (χ1v) is 8.39. The van der Waals surface area contributed by atoms with Crippen molar-refractivity contribution in [1.29, 1.82) is 0 Å². The third-order valence-electron chi connectivity index (χ3n) is 4.47. The maximum Gasteiger partial charge on any atom is 0.317 e. The zero-order valence-electron chi connectivity index (χ0n) is 13.7. The molecule has 1 atom stereocenters. The van der Waals surface area contributed by atoms with Crippen LogP contribution in [0.5, 0.6) is 0 Å². The number of carbonyl (C=O) groups is 1. The van der Waals surface area contributed by atoms with E-state index in [0.717, 1.165) is 25.8 Å². The van der Waals surface area contributed by atoms with E-state index in [1.165, 1.54) is 16.7 Å². The largest absolute Gasteiger partial charge is 0.338 e. The second-order valence-corrected chi connectivity index (χ2v) is 6.23. The molecular formula is C20H24N2O. The van der Waals surface area contributed by atoms with Crippen LogP contribution in [0.15, 0.2) is 54.6 Å². The fraction of sp³-hybridized carbons (Fsp3) is 0.350. The average Bonchev–Trinajstić information content (AvgIpc) is 3.05. The average molecular weight is 308 g/mol. The van der Waals surface area contributed by atoms with Crippen molar-refractivity contribution in [2.75, 3.05) is 13.1 Å². The summed E-state index contributed by atoms with van der Waals surface area (Å²) in [6.07, 6.45) is 3.00. The van der Waals surface area contributed by atoms with E-state index in [1.54, 1.807) is 0 Å². The number of urea groups is 1. The van der Waals surface area contributed by atoms with E-state index < -0.39 is 0 Å². The van der Waals surface area contributed by atoms with Crippen LogP contribution in [0, 0.1) is 6.92 Å². The Bertz CT molecular complexity index is 654. The molecule has 2 aromatic carbocycles. The predicted octanol–water partition coefficient (Wildman–Crippen LogP) is 4.08. The lowest BCUT2D eigenvalue weighted by Gasteiger charge is -2.25. The minimum atomic E-state index is 0.0593. The summed E-state index contributed by atoms with van der Waals surface area (Å²) in [7, 11) is 0. The number of carbonyl (C=O) groups excluding carboxylic acids is 1. The van der Waals surface area contributed by atoms with Crippen molar-refractivity contribution in [3.05, 3.63) is 71.3 Å². The first-order valence-electron chi connectivity index (χ1n) is 8.39. The van der Waals surface area contributed by atoms with Gasteiger partial charge in [-0.15, -0.1) is 0 Å². The van der Waals surface area contributed by atoms with E-state index in [-0.39, 0.29) is 12.1 Å². The molecule has 120 valence electrons. The summed E-state index contributed by atoms with van der Waals surface area (Å²) >= 11 is 0. The first kappa shape index (κ1) is 15.6. The Hall–Kier alpha value is -2.29. The number of rotatable bonds is 4. The fourth-order valence-electron chi connectivity index (χ4n) is 3.31. The monoisotopic (exact) mass is 308 g/mol. The van der Waals surface area contributed by atoms with Gasteiger partial charge in [0.15, 0.2) is 0 Å². The number of hydrogen-bond donors (Lipinski definition) is 1. The Morgan fingerprint density at radius 2 is 2.00 bits per heavy atom. The molecule has 1 N–H and O–H groups in total. The van der Waals surface area contributed by atoms with Crippen LogP contribution >= 0.6 is 0 Å². The summed E-state index contributed by atoms with van der Waals surface area (Å²) in [6.45, 7) is 3.62. The van der Waals surface area contributed by atoms with Gasteiger partial charge in [-0.3, -0.25) is 0 Å². The fourth-order valence-corrected chi connectivity index (χ4v) is 3.31. The maximum atomic E-state index is 12.5. The van der Waals surface area contributed by atoms with Gasteiger partial charge in [0.25, 0.3) is 0 Å². The highest BCUT2D eigenvalue weighted by molar-refractivity contribution is 5.75. The molecule has 1 unspecified atom stereocenters.